The van der Waals surface area contributed by atoms with E-state index in [1.807, 2.05) is 0 Å². The fourth-order valence-corrected chi connectivity index (χ4v) is 8.09. The minimum atomic E-state index is -1.25. The third-order valence-corrected chi connectivity index (χ3v) is 9.24. The molecule has 1 aliphatic carbocycles. The van der Waals surface area contributed by atoms with E-state index in [9.17, 15) is 0 Å². The largest absolute Gasteiger partial charge is 0.309 e. The van der Waals surface area contributed by atoms with Gasteiger partial charge in [-0.2, -0.15) is 0 Å². The van der Waals surface area contributed by atoms with Gasteiger partial charge in [0.25, 0.3) is 8.53 Å². The number of fused-ring (bicyclic) bond motifs is 4. The second-order valence-electron chi connectivity index (χ2n) is 9.28. The highest BCUT2D eigenvalue weighted by molar-refractivity contribution is 7.45. The van der Waals surface area contributed by atoms with Crippen LogP contribution >= 0.6 is 8.53 Å². The van der Waals surface area contributed by atoms with Gasteiger partial charge in [-0.25, -0.2) is 4.67 Å². The van der Waals surface area contributed by atoms with Gasteiger partial charge in [0.1, 0.15) is 11.7 Å². The van der Waals surface area contributed by atoms with E-state index in [0.717, 1.165) is 19.4 Å². The van der Waals surface area contributed by atoms with Gasteiger partial charge in [-0.1, -0.05) is 109 Å². The van der Waals surface area contributed by atoms with Crippen molar-refractivity contribution in [2.45, 2.75) is 30.6 Å². The molecule has 0 amide bonds. The summed E-state index contributed by atoms with van der Waals surface area (Å²) >= 11 is 0. The highest BCUT2D eigenvalue weighted by Crippen LogP contribution is 2.67. The number of hydrogen-bond acceptors (Lipinski definition) is 3. The van der Waals surface area contributed by atoms with Crippen LogP contribution in [-0.2, 0) is 14.6 Å². The second kappa shape index (κ2) is 8.15. The first-order chi connectivity index (χ1) is 16.9. The maximum absolute atomic E-state index is 7.15. The predicted octanol–water partition coefficient (Wildman–Crippen LogP) is 7.44. The third-order valence-electron chi connectivity index (χ3n) is 7.50. The number of hydrogen-bond donors (Lipinski definition) is 0. The Balaban J connectivity index is 1.33. The fraction of sp³-hybridized carbons (Fsp3) is 0.200. The molecule has 3 aliphatic rings. The van der Waals surface area contributed by atoms with Crippen LogP contribution in [0.3, 0.4) is 0 Å². The van der Waals surface area contributed by atoms with Crippen LogP contribution in [-0.4, -0.2) is 17.3 Å². The SMILES string of the molecule is c1ccc(C2(c3ccccc3)OP(OC3c4ccccc4-c4ccccc43)N3CCC[C@H]32)cc1. The average Bonchev–Trinajstić information content (AvgIpc) is 3.59. The molecule has 1 unspecified atom stereocenters. The Bertz CT molecular complexity index is 1240. The van der Waals surface area contributed by atoms with Crippen molar-refractivity contribution < 1.29 is 9.05 Å². The number of benzene rings is 4. The van der Waals surface area contributed by atoms with Crippen LogP contribution in [0.15, 0.2) is 109 Å². The predicted molar refractivity (Wildman–Crippen MR) is 136 cm³/mol. The molecule has 0 radical (unpaired) electrons. The monoisotopic (exact) mass is 463 g/mol. The van der Waals surface area contributed by atoms with Crippen LogP contribution in [0.4, 0.5) is 0 Å². The van der Waals surface area contributed by atoms with Gasteiger partial charge in [-0.15, -0.1) is 0 Å². The van der Waals surface area contributed by atoms with Crippen molar-refractivity contribution in [3.05, 3.63) is 131 Å². The quantitative estimate of drug-likeness (QED) is 0.294. The zero-order valence-electron chi connectivity index (χ0n) is 18.9. The number of nitrogens with zero attached hydrogens (tertiary/aromatic N) is 1. The van der Waals surface area contributed by atoms with E-state index in [4.69, 9.17) is 9.05 Å². The van der Waals surface area contributed by atoms with Crippen LogP contribution in [0.1, 0.15) is 41.2 Å². The Labute approximate surface area is 201 Å². The summed E-state index contributed by atoms with van der Waals surface area (Å²) in [6.45, 7) is 1.01. The zero-order chi connectivity index (χ0) is 22.5. The zero-order valence-corrected chi connectivity index (χ0v) is 19.8. The Hall–Kier alpha value is -2.81. The van der Waals surface area contributed by atoms with E-state index in [2.05, 4.69) is 114 Å². The molecule has 0 bridgehead atoms. The van der Waals surface area contributed by atoms with Gasteiger partial charge < -0.3 is 9.05 Å². The van der Waals surface area contributed by atoms with Gasteiger partial charge in [-0.05, 0) is 46.2 Å². The van der Waals surface area contributed by atoms with E-state index in [1.165, 1.54) is 33.4 Å². The van der Waals surface area contributed by atoms with Crippen LogP contribution in [0, 0.1) is 0 Å². The summed E-state index contributed by atoms with van der Waals surface area (Å²) in [5, 5.41) is 0. The average molecular weight is 464 g/mol. The molecule has 4 heteroatoms. The normalized spacial score (nSPS) is 22.9. The third kappa shape index (κ3) is 2.98. The highest BCUT2D eigenvalue weighted by Gasteiger charge is 2.59. The summed E-state index contributed by atoms with van der Waals surface area (Å²) < 4.78 is 16.7. The molecular formula is C30H26NO2P. The fourth-order valence-electron chi connectivity index (χ4n) is 6.02. The van der Waals surface area contributed by atoms with Crippen LogP contribution < -0.4 is 0 Å². The molecule has 0 aromatic heterocycles. The van der Waals surface area contributed by atoms with Crippen molar-refractivity contribution in [1.82, 2.24) is 4.67 Å². The Morgan fingerprint density at radius 1 is 0.706 bits per heavy atom. The van der Waals surface area contributed by atoms with Gasteiger partial charge in [0, 0.05) is 6.54 Å². The summed E-state index contributed by atoms with van der Waals surface area (Å²) in [7, 11) is -1.25. The standard InChI is InChI=1S/C30H26NO2P/c1-3-12-22(13-4-1)30(23-14-5-2-6-15-23)28-20-11-21-31(28)34(33-30)32-29-26-18-9-7-16-24(26)25-17-8-10-19-27(25)29/h1-10,12-19,28-29H,11,20-21H2/t28-,34?/m0/s1. The van der Waals surface area contributed by atoms with Crippen molar-refractivity contribution in [3.8, 4) is 11.1 Å². The minimum absolute atomic E-state index is 0.109. The summed E-state index contributed by atoms with van der Waals surface area (Å²) in [6.07, 6.45) is 2.15. The van der Waals surface area contributed by atoms with Gasteiger partial charge in [-0.3, -0.25) is 0 Å². The first-order valence-electron chi connectivity index (χ1n) is 12.1. The van der Waals surface area contributed by atoms with E-state index in [0.29, 0.717) is 0 Å². The van der Waals surface area contributed by atoms with E-state index in [1.54, 1.807) is 0 Å². The molecule has 2 heterocycles. The first-order valence-corrected chi connectivity index (χ1v) is 13.2. The molecule has 34 heavy (non-hydrogen) atoms. The molecule has 0 N–H and O–H groups in total. The highest BCUT2D eigenvalue weighted by atomic mass is 31.2. The molecule has 0 spiro atoms. The molecule has 2 fully saturated rings. The molecule has 2 saturated heterocycles. The van der Waals surface area contributed by atoms with Crippen LogP contribution in [0.5, 0.6) is 0 Å². The molecule has 4 aromatic carbocycles. The van der Waals surface area contributed by atoms with Gasteiger partial charge in [0.05, 0.1) is 6.04 Å². The molecule has 3 nitrogen and oxygen atoms in total. The Morgan fingerprint density at radius 2 is 1.24 bits per heavy atom. The van der Waals surface area contributed by atoms with Gasteiger partial charge in [0.15, 0.2) is 0 Å². The molecular weight excluding hydrogens is 437 g/mol. The molecule has 168 valence electrons. The van der Waals surface area contributed by atoms with E-state index < -0.39 is 14.1 Å². The summed E-state index contributed by atoms with van der Waals surface area (Å²) in [6, 6.07) is 39.0. The van der Waals surface area contributed by atoms with Crippen LogP contribution in [0.25, 0.3) is 11.1 Å². The Kier molecular flexibility index (Phi) is 4.93. The molecule has 7 rings (SSSR count). The lowest BCUT2D eigenvalue weighted by Gasteiger charge is -2.34. The minimum Gasteiger partial charge on any atom is -0.309 e. The maximum Gasteiger partial charge on any atom is 0.261 e. The van der Waals surface area contributed by atoms with Gasteiger partial charge in [0.2, 0.25) is 0 Å². The topological polar surface area (TPSA) is 21.7 Å². The molecule has 0 saturated carbocycles. The lowest BCUT2D eigenvalue weighted by molar-refractivity contribution is 0.0975. The summed E-state index contributed by atoms with van der Waals surface area (Å²) in [5.74, 6) is 0. The maximum atomic E-state index is 7.15. The summed E-state index contributed by atoms with van der Waals surface area (Å²) in [5.41, 5.74) is 6.91. The van der Waals surface area contributed by atoms with Crippen molar-refractivity contribution >= 4 is 8.53 Å². The number of rotatable bonds is 4. The first kappa shape index (κ1) is 20.6. The lowest BCUT2D eigenvalue weighted by atomic mass is 9.79. The molecule has 4 aromatic rings. The van der Waals surface area contributed by atoms with Gasteiger partial charge >= 0.3 is 0 Å². The van der Waals surface area contributed by atoms with E-state index >= 15 is 0 Å². The molecule has 2 atom stereocenters. The van der Waals surface area contributed by atoms with Crippen LogP contribution in [0.2, 0.25) is 0 Å². The van der Waals surface area contributed by atoms with Crippen molar-refractivity contribution in [3.63, 3.8) is 0 Å². The van der Waals surface area contributed by atoms with Crippen molar-refractivity contribution in [2.75, 3.05) is 6.54 Å². The lowest BCUT2D eigenvalue weighted by Crippen LogP contribution is -2.40. The smallest absolute Gasteiger partial charge is 0.261 e. The van der Waals surface area contributed by atoms with Crippen molar-refractivity contribution in [2.24, 2.45) is 0 Å². The van der Waals surface area contributed by atoms with Crippen molar-refractivity contribution in [1.29, 1.82) is 0 Å². The van der Waals surface area contributed by atoms with E-state index in [-0.39, 0.29) is 12.1 Å². The molecule has 2 aliphatic heterocycles. The second-order valence-corrected chi connectivity index (χ2v) is 10.7. The summed E-state index contributed by atoms with van der Waals surface area (Å²) in [4.78, 5) is 0. The Morgan fingerprint density at radius 3 is 1.82 bits per heavy atom.